The fourth-order valence-corrected chi connectivity index (χ4v) is 1.75. The van der Waals surface area contributed by atoms with Gasteiger partial charge in [-0.1, -0.05) is 13.8 Å². The van der Waals surface area contributed by atoms with Gasteiger partial charge >= 0.3 is 0 Å². The molecule has 0 unspecified atom stereocenters. The van der Waals surface area contributed by atoms with Gasteiger partial charge in [0.2, 0.25) is 0 Å². The summed E-state index contributed by atoms with van der Waals surface area (Å²) in [7, 11) is 0. The van der Waals surface area contributed by atoms with Gasteiger partial charge in [0.05, 0.1) is 6.61 Å². The summed E-state index contributed by atoms with van der Waals surface area (Å²) >= 11 is 0. The van der Waals surface area contributed by atoms with Crippen LogP contribution in [0.25, 0.3) is 0 Å². The van der Waals surface area contributed by atoms with Crippen LogP contribution in [0.15, 0.2) is 24.3 Å². The average Bonchev–Trinajstić information content (AvgIpc) is 2.38. The van der Waals surface area contributed by atoms with Crippen molar-refractivity contribution in [2.75, 3.05) is 19.7 Å². The molecule has 0 spiro atoms. The van der Waals surface area contributed by atoms with E-state index in [0.29, 0.717) is 0 Å². The summed E-state index contributed by atoms with van der Waals surface area (Å²) in [6.45, 7) is 11.1. The molecular weight excluding hydrogens is 238 g/mol. The summed E-state index contributed by atoms with van der Waals surface area (Å²) in [5.74, 6) is 1.78. The number of hydrogen-bond acceptors (Lipinski definition) is 3. The first-order chi connectivity index (χ1) is 9.07. The van der Waals surface area contributed by atoms with Gasteiger partial charge in [-0.15, -0.1) is 0 Å². The molecule has 0 heterocycles. The van der Waals surface area contributed by atoms with E-state index < -0.39 is 0 Å². The number of benzene rings is 1. The van der Waals surface area contributed by atoms with Crippen LogP contribution < -0.4 is 14.8 Å². The van der Waals surface area contributed by atoms with Crippen LogP contribution in [-0.2, 0) is 0 Å². The van der Waals surface area contributed by atoms with Crippen LogP contribution >= 0.6 is 0 Å². The first-order valence-electron chi connectivity index (χ1n) is 7.20. The third-order valence-electron chi connectivity index (χ3n) is 2.67. The molecular formula is C16H27NO2. The first kappa shape index (κ1) is 15.8. The van der Waals surface area contributed by atoms with E-state index in [-0.39, 0.29) is 5.60 Å². The predicted octanol–water partition coefficient (Wildman–Crippen LogP) is 3.63. The van der Waals surface area contributed by atoms with Crippen molar-refractivity contribution in [3.8, 4) is 11.5 Å². The van der Waals surface area contributed by atoms with Crippen molar-refractivity contribution in [2.24, 2.45) is 0 Å². The molecule has 19 heavy (non-hydrogen) atoms. The number of rotatable bonds is 9. The van der Waals surface area contributed by atoms with Gasteiger partial charge in [0, 0.05) is 6.54 Å². The zero-order valence-electron chi connectivity index (χ0n) is 12.7. The molecule has 1 aromatic carbocycles. The third kappa shape index (κ3) is 6.48. The second kappa shape index (κ2) is 8.05. The smallest absolute Gasteiger partial charge is 0.120 e. The number of ether oxygens (including phenoxy) is 2. The van der Waals surface area contributed by atoms with Crippen LogP contribution in [0.4, 0.5) is 0 Å². The molecule has 0 fully saturated rings. The topological polar surface area (TPSA) is 30.5 Å². The average molecular weight is 265 g/mol. The van der Waals surface area contributed by atoms with E-state index in [1.54, 1.807) is 0 Å². The second-order valence-corrected chi connectivity index (χ2v) is 5.36. The highest BCUT2D eigenvalue weighted by molar-refractivity contribution is 5.31. The van der Waals surface area contributed by atoms with Crippen molar-refractivity contribution in [1.82, 2.24) is 5.32 Å². The molecule has 3 nitrogen and oxygen atoms in total. The van der Waals surface area contributed by atoms with Gasteiger partial charge in [-0.3, -0.25) is 0 Å². The van der Waals surface area contributed by atoms with Crippen LogP contribution in [0.3, 0.4) is 0 Å². The van der Waals surface area contributed by atoms with Crippen molar-refractivity contribution in [3.05, 3.63) is 24.3 Å². The maximum atomic E-state index is 5.99. The Labute approximate surface area is 117 Å². The van der Waals surface area contributed by atoms with E-state index in [2.05, 4.69) is 33.0 Å². The lowest BCUT2D eigenvalue weighted by Crippen LogP contribution is -2.40. The molecule has 0 amide bonds. The monoisotopic (exact) mass is 265 g/mol. The van der Waals surface area contributed by atoms with Crippen molar-refractivity contribution < 1.29 is 9.47 Å². The molecule has 0 saturated carbocycles. The molecule has 0 aliphatic rings. The summed E-state index contributed by atoms with van der Waals surface area (Å²) in [6, 6.07) is 7.85. The zero-order chi connectivity index (χ0) is 14.1. The number of nitrogens with one attached hydrogen (secondary N) is 1. The van der Waals surface area contributed by atoms with Gasteiger partial charge in [-0.25, -0.2) is 0 Å². The maximum absolute atomic E-state index is 5.99. The van der Waals surface area contributed by atoms with Crippen LogP contribution in [0.2, 0.25) is 0 Å². The Hall–Kier alpha value is -1.22. The van der Waals surface area contributed by atoms with Crippen molar-refractivity contribution in [3.63, 3.8) is 0 Å². The fraction of sp³-hybridized carbons (Fsp3) is 0.625. The maximum Gasteiger partial charge on any atom is 0.120 e. The van der Waals surface area contributed by atoms with Gasteiger partial charge < -0.3 is 14.8 Å². The molecule has 1 N–H and O–H groups in total. The molecule has 1 rings (SSSR count). The second-order valence-electron chi connectivity index (χ2n) is 5.36. The van der Waals surface area contributed by atoms with Gasteiger partial charge in [0.1, 0.15) is 17.1 Å². The molecule has 1 aromatic rings. The van der Waals surface area contributed by atoms with Crippen LogP contribution in [0, 0.1) is 0 Å². The summed E-state index contributed by atoms with van der Waals surface area (Å²) < 4.78 is 11.5. The Morgan fingerprint density at radius 3 is 2.21 bits per heavy atom. The third-order valence-corrected chi connectivity index (χ3v) is 2.67. The van der Waals surface area contributed by atoms with Gasteiger partial charge in [0.15, 0.2) is 0 Å². The predicted molar refractivity (Wildman–Crippen MR) is 80.1 cm³/mol. The van der Waals surface area contributed by atoms with Crippen molar-refractivity contribution in [2.45, 2.75) is 46.1 Å². The summed E-state index contributed by atoms with van der Waals surface area (Å²) in [5, 5.41) is 3.39. The molecule has 0 atom stereocenters. The fourth-order valence-electron chi connectivity index (χ4n) is 1.75. The molecule has 0 radical (unpaired) electrons. The highest BCUT2D eigenvalue weighted by Gasteiger charge is 2.19. The molecule has 0 aliphatic heterocycles. The van der Waals surface area contributed by atoms with E-state index in [9.17, 15) is 0 Å². The lowest BCUT2D eigenvalue weighted by molar-refractivity contribution is 0.108. The van der Waals surface area contributed by atoms with E-state index in [1.807, 2.05) is 24.3 Å². The summed E-state index contributed by atoms with van der Waals surface area (Å²) in [6.07, 6.45) is 2.16. The van der Waals surface area contributed by atoms with E-state index in [0.717, 1.165) is 44.0 Å². The molecule has 0 aromatic heterocycles. The zero-order valence-corrected chi connectivity index (χ0v) is 12.7. The lowest BCUT2D eigenvalue weighted by Gasteiger charge is -2.27. The van der Waals surface area contributed by atoms with Crippen molar-refractivity contribution >= 4 is 0 Å². The summed E-state index contributed by atoms with van der Waals surface area (Å²) in [5.41, 5.74) is -0.207. The highest BCUT2D eigenvalue weighted by Crippen LogP contribution is 2.21. The Bertz CT molecular complexity index is 346. The Kier molecular flexibility index (Phi) is 6.71. The Balaban J connectivity index is 2.47. The molecule has 3 heteroatoms. The van der Waals surface area contributed by atoms with Crippen LogP contribution in [-0.4, -0.2) is 25.3 Å². The molecule has 0 saturated heterocycles. The minimum Gasteiger partial charge on any atom is -0.494 e. The lowest BCUT2D eigenvalue weighted by atomic mass is 10.1. The largest absolute Gasteiger partial charge is 0.494 e. The van der Waals surface area contributed by atoms with Crippen LogP contribution in [0.1, 0.15) is 40.5 Å². The molecule has 108 valence electrons. The minimum absolute atomic E-state index is 0.207. The SMILES string of the molecule is CCCNCC(C)(C)Oc1ccc(OCCC)cc1. The van der Waals surface area contributed by atoms with E-state index in [4.69, 9.17) is 9.47 Å². The highest BCUT2D eigenvalue weighted by atomic mass is 16.5. The Morgan fingerprint density at radius 2 is 1.63 bits per heavy atom. The van der Waals surface area contributed by atoms with Gasteiger partial charge in [-0.05, 0) is 57.5 Å². The Morgan fingerprint density at radius 1 is 1.00 bits per heavy atom. The molecule has 0 bridgehead atoms. The van der Waals surface area contributed by atoms with Crippen LogP contribution in [0.5, 0.6) is 11.5 Å². The van der Waals surface area contributed by atoms with Gasteiger partial charge in [-0.2, -0.15) is 0 Å². The quantitative estimate of drug-likeness (QED) is 0.692. The number of hydrogen-bond donors (Lipinski definition) is 1. The van der Waals surface area contributed by atoms with Crippen molar-refractivity contribution in [1.29, 1.82) is 0 Å². The standard InChI is InChI=1S/C16H27NO2/c1-5-11-17-13-16(3,4)19-15-9-7-14(8-10-15)18-12-6-2/h7-10,17H,5-6,11-13H2,1-4H3. The van der Waals surface area contributed by atoms with E-state index >= 15 is 0 Å². The first-order valence-corrected chi connectivity index (χ1v) is 7.20. The molecule has 0 aliphatic carbocycles. The minimum atomic E-state index is -0.207. The van der Waals surface area contributed by atoms with E-state index in [1.165, 1.54) is 0 Å². The normalized spacial score (nSPS) is 11.4. The summed E-state index contributed by atoms with van der Waals surface area (Å²) in [4.78, 5) is 0. The van der Waals surface area contributed by atoms with Gasteiger partial charge in [0.25, 0.3) is 0 Å².